The molecule has 0 spiro atoms. The fourth-order valence-corrected chi connectivity index (χ4v) is 3.48. The predicted molar refractivity (Wildman–Crippen MR) is 96.5 cm³/mol. The molecule has 1 aromatic heterocycles. The summed E-state index contributed by atoms with van der Waals surface area (Å²) in [4.78, 5) is 16.2. The Morgan fingerprint density at radius 3 is 2.56 bits per heavy atom. The highest BCUT2D eigenvalue weighted by Gasteiger charge is 2.33. The number of hydrogen-bond donors (Lipinski definition) is 1. The van der Waals surface area contributed by atoms with E-state index < -0.39 is 17.6 Å². The first kappa shape index (κ1) is 19.0. The normalized spacial score (nSPS) is 11.4. The van der Waals surface area contributed by atoms with Gasteiger partial charge in [-0.25, -0.2) is 4.98 Å². The summed E-state index contributed by atoms with van der Waals surface area (Å²) >= 11 is 0.992. The zero-order chi connectivity index (χ0) is 19.6. The van der Waals surface area contributed by atoms with Crippen molar-refractivity contribution in [3.8, 4) is 11.5 Å². The number of ether oxygens (including phenoxy) is 2. The van der Waals surface area contributed by atoms with Gasteiger partial charge in [0.2, 0.25) is 5.91 Å². The highest BCUT2D eigenvalue weighted by molar-refractivity contribution is 7.22. The Balaban J connectivity index is 1.78. The number of para-hydroxylation sites is 1. The maximum absolute atomic E-state index is 13.1. The number of aromatic nitrogens is 1. The van der Waals surface area contributed by atoms with E-state index in [1.165, 1.54) is 26.4 Å². The van der Waals surface area contributed by atoms with Crippen LogP contribution in [0.25, 0.3) is 10.2 Å². The molecule has 0 saturated heterocycles. The number of anilines is 1. The van der Waals surface area contributed by atoms with Crippen molar-refractivity contribution in [3.05, 3.63) is 47.5 Å². The van der Waals surface area contributed by atoms with E-state index in [9.17, 15) is 18.0 Å². The van der Waals surface area contributed by atoms with Gasteiger partial charge in [0, 0.05) is 0 Å². The van der Waals surface area contributed by atoms with Gasteiger partial charge < -0.3 is 14.8 Å². The third kappa shape index (κ3) is 4.13. The number of carbonyl (C=O) groups excluding carboxylic acids is 1. The zero-order valence-corrected chi connectivity index (χ0v) is 15.2. The third-order valence-corrected chi connectivity index (χ3v) is 4.72. The third-order valence-electron chi connectivity index (χ3n) is 3.78. The molecule has 0 aliphatic heterocycles. The highest BCUT2D eigenvalue weighted by atomic mass is 32.1. The van der Waals surface area contributed by atoms with E-state index in [2.05, 4.69) is 10.3 Å². The monoisotopic (exact) mass is 396 g/mol. The van der Waals surface area contributed by atoms with E-state index in [1.807, 2.05) is 0 Å². The van der Waals surface area contributed by atoms with Gasteiger partial charge in [0.1, 0.15) is 0 Å². The van der Waals surface area contributed by atoms with Crippen molar-refractivity contribution in [1.29, 1.82) is 0 Å². The number of methoxy groups -OCH3 is 2. The number of benzene rings is 2. The molecule has 0 radical (unpaired) electrons. The Kier molecular flexibility index (Phi) is 5.22. The van der Waals surface area contributed by atoms with Gasteiger partial charge in [-0.15, -0.1) is 0 Å². The molecule has 0 fully saturated rings. The van der Waals surface area contributed by atoms with Crippen LogP contribution in [-0.4, -0.2) is 25.1 Å². The van der Waals surface area contributed by atoms with Gasteiger partial charge in [-0.05, 0) is 29.8 Å². The Hall–Kier alpha value is -2.81. The van der Waals surface area contributed by atoms with Crippen molar-refractivity contribution in [2.24, 2.45) is 0 Å². The Morgan fingerprint density at radius 1 is 1.15 bits per heavy atom. The first-order chi connectivity index (χ1) is 12.8. The Bertz CT molecular complexity index is 986. The standard InChI is InChI=1S/C18H15F3N2O3S/c1-25-12-7-6-10(8-13(12)26-2)9-15(24)22-17-23-16-11(18(19,20)21)4-3-5-14(16)27-17/h3-8H,9H2,1-2H3,(H,22,23,24). The molecular weight excluding hydrogens is 381 g/mol. The second-order valence-electron chi connectivity index (χ2n) is 5.58. The molecule has 0 atom stereocenters. The average Bonchev–Trinajstić information content (AvgIpc) is 3.02. The van der Waals surface area contributed by atoms with Crippen LogP contribution in [0.5, 0.6) is 11.5 Å². The van der Waals surface area contributed by atoms with Crippen molar-refractivity contribution < 1.29 is 27.4 Å². The number of amides is 1. The number of hydrogen-bond acceptors (Lipinski definition) is 5. The number of carbonyl (C=O) groups is 1. The van der Waals surface area contributed by atoms with Crippen LogP contribution in [0, 0.1) is 0 Å². The molecule has 0 unspecified atom stereocenters. The van der Waals surface area contributed by atoms with Crippen LogP contribution in [0.15, 0.2) is 36.4 Å². The van der Waals surface area contributed by atoms with E-state index in [0.29, 0.717) is 21.8 Å². The number of alkyl halides is 3. The molecular formula is C18H15F3N2O3S. The van der Waals surface area contributed by atoms with Crippen molar-refractivity contribution in [1.82, 2.24) is 4.98 Å². The van der Waals surface area contributed by atoms with Crippen LogP contribution in [-0.2, 0) is 17.4 Å². The van der Waals surface area contributed by atoms with Gasteiger partial charge in [0.15, 0.2) is 16.6 Å². The Morgan fingerprint density at radius 2 is 1.89 bits per heavy atom. The molecule has 1 N–H and O–H groups in total. The molecule has 0 bridgehead atoms. The molecule has 9 heteroatoms. The number of halogens is 3. The summed E-state index contributed by atoms with van der Waals surface area (Å²) in [6.45, 7) is 0. The van der Waals surface area contributed by atoms with Crippen molar-refractivity contribution in [2.45, 2.75) is 12.6 Å². The summed E-state index contributed by atoms with van der Waals surface area (Å²) in [5, 5.41) is 2.67. The van der Waals surface area contributed by atoms with Crippen molar-refractivity contribution in [3.63, 3.8) is 0 Å². The second kappa shape index (κ2) is 7.43. The van der Waals surface area contributed by atoms with Crippen LogP contribution in [0.2, 0.25) is 0 Å². The first-order valence-electron chi connectivity index (χ1n) is 7.79. The van der Waals surface area contributed by atoms with Crippen LogP contribution < -0.4 is 14.8 Å². The van der Waals surface area contributed by atoms with Gasteiger partial charge in [-0.3, -0.25) is 4.79 Å². The summed E-state index contributed by atoms with van der Waals surface area (Å²) in [5.74, 6) is 0.625. The lowest BCUT2D eigenvalue weighted by Crippen LogP contribution is -2.14. The quantitative estimate of drug-likeness (QED) is 0.689. The lowest BCUT2D eigenvalue weighted by atomic mass is 10.1. The summed E-state index contributed by atoms with van der Waals surface area (Å²) < 4.78 is 49.9. The molecule has 27 heavy (non-hydrogen) atoms. The fraction of sp³-hybridized carbons (Fsp3) is 0.222. The maximum atomic E-state index is 13.1. The number of fused-ring (bicyclic) bond motifs is 1. The molecule has 0 aliphatic carbocycles. The van der Waals surface area contributed by atoms with E-state index >= 15 is 0 Å². The molecule has 5 nitrogen and oxygen atoms in total. The maximum Gasteiger partial charge on any atom is 0.418 e. The van der Waals surface area contributed by atoms with E-state index in [-0.39, 0.29) is 17.1 Å². The highest BCUT2D eigenvalue weighted by Crippen LogP contribution is 2.37. The summed E-state index contributed by atoms with van der Waals surface area (Å²) in [5.41, 5.74) is -0.324. The smallest absolute Gasteiger partial charge is 0.418 e. The molecule has 1 heterocycles. The summed E-state index contributed by atoms with van der Waals surface area (Å²) in [7, 11) is 2.99. The molecule has 3 aromatic rings. The van der Waals surface area contributed by atoms with Crippen molar-refractivity contribution in [2.75, 3.05) is 19.5 Å². The van der Waals surface area contributed by atoms with Crippen molar-refractivity contribution >= 4 is 32.6 Å². The van der Waals surface area contributed by atoms with Crippen LogP contribution in [0.4, 0.5) is 18.3 Å². The van der Waals surface area contributed by atoms with E-state index in [4.69, 9.17) is 9.47 Å². The molecule has 0 aliphatic rings. The van der Waals surface area contributed by atoms with Crippen LogP contribution in [0.1, 0.15) is 11.1 Å². The van der Waals surface area contributed by atoms with Crippen LogP contribution in [0.3, 0.4) is 0 Å². The lowest BCUT2D eigenvalue weighted by Gasteiger charge is -2.09. The summed E-state index contributed by atoms with van der Waals surface area (Å²) in [6, 6.07) is 8.87. The molecule has 2 aromatic carbocycles. The van der Waals surface area contributed by atoms with E-state index in [1.54, 1.807) is 18.2 Å². The minimum Gasteiger partial charge on any atom is -0.493 e. The van der Waals surface area contributed by atoms with Gasteiger partial charge in [-0.2, -0.15) is 13.2 Å². The lowest BCUT2D eigenvalue weighted by molar-refractivity contribution is -0.136. The largest absolute Gasteiger partial charge is 0.493 e. The number of nitrogens with one attached hydrogen (secondary N) is 1. The first-order valence-corrected chi connectivity index (χ1v) is 8.61. The second-order valence-corrected chi connectivity index (χ2v) is 6.61. The number of thiazole rings is 1. The average molecular weight is 396 g/mol. The Labute approximate surface area is 156 Å². The zero-order valence-electron chi connectivity index (χ0n) is 14.4. The van der Waals surface area contributed by atoms with E-state index in [0.717, 1.165) is 17.4 Å². The van der Waals surface area contributed by atoms with Gasteiger partial charge in [-0.1, -0.05) is 23.5 Å². The fourth-order valence-electron chi connectivity index (χ4n) is 2.57. The minimum atomic E-state index is -4.51. The molecule has 0 saturated carbocycles. The topological polar surface area (TPSA) is 60.5 Å². The molecule has 3 rings (SSSR count). The van der Waals surface area contributed by atoms with Gasteiger partial charge >= 0.3 is 6.18 Å². The SMILES string of the molecule is COc1ccc(CC(=O)Nc2nc3c(C(F)(F)F)cccc3s2)cc1OC. The van der Waals surface area contributed by atoms with Gasteiger partial charge in [0.05, 0.1) is 36.4 Å². The predicted octanol–water partition coefficient (Wildman–Crippen LogP) is 4.51. The number of nitrogens with zero attached hydrogens (tertiary/aromatic N) is 1. The van der Waals surface area contributed by atoms with Crippen LogP contribution >= 0.6 is 11.3 Å². The van der Waals surface area contributed by atoms with Gasteiger partial charge in [0.25, 0.3) is 0 Å². The number of rotatable bonds is 5. The minimum absolute atomic E-state index is 0.0163. The molecule has 1 amide bonds. The molecule has 142 valence electrons. The summed E-state index contributed by atoms with van der Waals surface area (Å²) in [6.07, 6.45) is -4.49.